The summed E-state index contributed by atoms with van der Waals surface area (Å²) >= 11 is 0.930. The van der Waals surface area contributed by atoms with E-state index in [0.717, 1.165) is 11.8 Å². The van der Waals surface area contributed by atoms with E-state index in [-0.39, 0.29) is 22.3 Å². The minimum atomic E-state index is -4.76. The quantitative estimate of drug-likeness (QED) is 0.903. The number of ether oxygens (including phenoxy) is 1. The summed E-state index contributed by atoms with van der Waals surface area (Å²) in [4.78, 5) is 10.9. The Bertz CT molecular complexity index is 502. The van der Waals surface area contributed by atoms with Crippen LogP contribution in [0.2, 0.25) is 0 Å². The standard InChI is InChI=1S/C10H7F3N2O2S/c11-10(12,13)17-8-4-2-1-3-6(8)7-5-18-9(16)15-14-7/h1-4H,5H2,(H,15,16). The van der Waals surface area contributed by atoms with Gasteiger partial charge in [0.15, 0.2) is 0 Å². The Labute approximate surface area is 104 Å². The number of halogens is 3. The number of rotatable bonds is 2. The molecule has 0 aliphatic carbocycles. The van der Waals surface area contributed by atoms with Gasteiger partial charge in [-0.1, -0.05) is 23.9 Å². The molecule has 1 aromatic carbocycles. The van der Waals surface area contributed by atoms with Crippen molar-refractivity contribution in [2.75, 3.05) is 5.75 Å². The molecule has 0 aromatic heterocycles. The average molecular weight is 276 g/mol. The number of para-hydroxylation sites is 1. The summed E-state index contributed by atoms with van der Waals surface area (Å²) in [7, 11) is 0. The lowest BCUT2D eigenvalue weighted by atomic mass is 10.1. The van der Waals surface area contributed by atoms with Crippen LogP contribution in [-0.2, 0) is 0 Å². The zero-order valence-corrected chi connectivity index (χ0v) is 9.64. The van der Waals surface area contributed by atoms with Crippen LogP contribution < -0.4 is 10.2 Å². The highest BCUT2D eigenvalue weighted by atomic mass is 32.2. The van der Waals surface area contributed by atoms with Gasteiger partial charge in [-0.25, -0.2) is 5.43 Å². The van der Waals surface area contributed by atoms with E-state index in [2.05, 4.69) is 15.3 Å². The Kier molecular flexibility index (Phi) is 3.46. The molecule has 0 saturated carbocycles. The fourth-order valence-corrected chi connectivity index (χ4v) is 1.97. The molecule has 1 N–H and O–H groups in total. The van der Waals surface area contributed by atoms with Gasteiger partial charge in [0.2, 0.25) is 0 Å². The Morgan fingerprint density at radius 3 is 2.67 bits per heavy atom. The first-order valence-electron chi connectivity index (χ1n) is 4.80. The van der Waals surface area contributed by atoms with Crippen LogP contribution in [0.3, 0.4) is 0 Å². The normalized spacial score (nSPS) is 15.9. The van der Waals surface area contributed by atoms with Crippen LogP contribution >= 0.6 is 11.8 Å². The summed E-state index contributed by atoms with van der Waals surface area (Å²) in [6.45, 7) is 0. The van der Waals surface area contributed by atoms with Crippen LogP contribution in [0.15, 0.2) is 29.4 Å². The number of hydrogen-bond acceptors (Lipinski definition) is 4. The summed E-state index contributed by atoms with van der Waals surface area (Å²) in [5.41, 5.74) is 2.74. The number of alkyl halides is 3. The molecule has 1 aliphatic heterocycles. The number of hydrazone groups is 1. The van der Waals surface area contributed by atoms with E-state index in [1.54, 1.807) is 6.07 Å². The summed E-state index contributed by atoms with van der Waals surface area (Å²) in [5, 5.41) is 3.38. The lowest BCUT2D eigenvalue weighted by molar-refractivity contribution is -0.274. The van der Waals surface area contributed by atoms with Crippen molar-refractivity contribution >= 4 is 22.7 Å². The van der Waals surface area contributed by atoms with Crippen LogP contribution in [0, 0.1) is 0 Å². The van der Waals surface area contributed by atoms with Gasteiger partial charge >= 0.3 is 6.36 Å². The average Bonchev–Trinajstić information content (AvgIpc) is 2.29. The van der Waals surface area contributed by atoms with Crippen LogP contribution in [0.4, 0.5) is 18.0 Å². The predicted molar refractivity (Wildman–Crippen MR) is 60.7 cm³/mol. The number of carbonyl (C=O) groups excluding carboxylic acids is 1. The lowest BCUT2D eigenvalue weighted by Gasteiger charge is -2.16. The number of carbonyl (C=O) groups is 1. The van der Waals surface area contributed by atoms with E-state index in [1.807, 2.05) is 0 Å². The van der Waals surface area contributed by atoms with Crippen molar-refractivity contribution < 1.29 is 22.7 Å². The van der Waals surface area contributed by atoms with E-state index in [4.69, 9.17) is 0 Å². The van der Waals surface area contributed by atoms with Gasteiger partial charge in [-0.15, -0.1) is 13.2 Å². The van der Waals surface area contributed by atoms with Crippen molar-refractivity contribution in [1.29, 1.82) is 0 Å². The summed E-state index contributed by atoms with van der Waals surface area (Å²) in [6, 6.07) is 5.66. The largest absolute Gasteiger partial charge is 0.573 e. The topological polar surface area (TPSA) is 50.7 Å². The molecule has 0 atom stereocenters. The van der Waals surface area contributed by atoms with Crippen LogP contribution in [0.25, 0.3) is 0 Å². The highest BCUT2D eigenvalue weighted by molar-refractivity contribution is 8.14. The smallest absolute Gasteiger partial charge is 0.405 e. The van der Waals surface area contributed by atoms with Crippen molar-refractivity contribution in [3.63, 3.8) is 0 Å². The Morgan fingerprint density at radius 2 is 2.06 bits per heavy atom. The molecule has 1 aromatic rings. The van der Waals surface area contributed by atoms with Crippen molar-refractivity contribution in [1.82, 2.24) is 5.43 Å². The highest BCUT2D eigenvalue weighted by Gasteiger charge is 2.32. The van der Waals surface area contributed by atoms with E-state index >= 15 is 0 Å². The molecular formula is C10H7F3N2O2S. The number of nitrogens with one attached hydrogen (secondary N) is 1. The maximum absolute atomic E-state index is 12.2. The van der Waals surface area contributed by atoms with Crippen LogP contribution in [0.5, 0.6) is 5.75 Å². The highest BCUT2D eigenvalue weighted by Crippen LogP contribution is 2.28. The first-order chi connectivity index (χ1) is 8.46. The second kappa shape index (κ2) is 4.89. The Hall–Kier alpha value is -1.70. The number of nitrogens with zero attached hydrogens (tertiary/aromatic N) is 1. The molecule has 0 bridgehead atoms. The molecular weight excluding hydrogens is 269 g/mol. The molecule has 1 aliphatic rings. The zero-order chi connectivity index (χ0) is 13.2. The maximum Gasteiger partial charge on any atom is 0.573 e. The Morgan fingerprint density at radius 1 is 1.33 bits per heavy atom. The van der Waals surface area contributed by atoms with E-state index in [1.165, 1.54) is 18.2 Å². The van der Waals surface area contributed by atoms with Crippen molar-refractivity contribution in [2.45, 2.75) is 6.36 Å². The summed E-state index contributed by atoms with van der Waals surface area (Å²) in [5.74, 6) is -0.134. The van der Waals surface area contributed by atoms with Gasteiger partial charge in [0.1, 0.15) is 5.75 Å². The van der Waals surface area contributed by atoms with E-state index < -0.39 is 6.36 Å². The van der Waals surface area contributed by atoms with Gasteiger partial charge in [-0.05, 0) is 12.1 Å². The molecule has 8 heteroatoms. The van der Waals surface area contributed by atoms with E-state index in [9.17, 15) is 18.0 Å². The van der Waals surface area contributed by atoms with Gasteiger partial charge in [0.05, 0.1) is 5.71 Å². The van der Waals surface area contributed by atoms with Crippen molar-refractivity contribution in [2.24, 2.45) is 5.10 Å². The van der Waals surface area contributed by atoms with Crippen molar-refractivity contribution in [3.8, 4) is 5.75 Å². The first kappa shape index (κ1) is 12.7. The third kappa shape index (κ3) is 3.16. The van der Waals surface area contributed by atoms with Gasteiger partial charge in [-0.2, -0.15) is 5.10 Å². The molecule has 1 amide bonds. The fraction of sp³-hybridized carbons (Fsp3) is 0.200. The summed E-state index contributed by atoms with van der Waals surface area (Å²) in [6.07, 6.45) is -4.76. The van der Waals surface area contributed by atoms with E-state index in [0.29, 0.717) is 5.71 Å². The SMILES string of the molecule is O=C1NN=C(c2ccccc2OC(F)(F)F)CS1. The fourth-order valence-electron chi connectivity index (χ4n) is 1.37. The monoisotopic (exact) mass is 276 g/mol. The van der Waals surface area contributed by atoms with Gasteiger partial charge in [-0.3, -0.25) is 4.79 Å². The third-order valence-electron chi connectivity index (χ3n) is 2.05. The molecule has 0 radical (unpaired) electrons. The molecule has 0 fully saturated rings. The molecule has 0 saturated heterocycles. The minimum absolute atomic E-state index is 0.198. The number of thioether (sulfide) groups is 1. The second-order valence-corrected chi connectivity index (χ2v) is 4.24. The molecule has 0 unspecified atom stereocenters. The minimum Gasteiger partial charge on any atom is -0.405 e. The third-order valence-corrected chi connectivity index (χ3v) is 2.82. The lowest BCUT2D eigenvalue weighted by Crippen LogP contribution is -2.25. The Balaban J connectivity index is 2.30. The zero-order valence-electron chi connectivity index (χ0n) is 8.82. The van der Waals surface area contributed by atoms with Gasteiger partial charge in [0.25, 0.3) is 5.24 Å². The second-order valence-electron chi connectivity index (χ2n) is 3.29. The number of benzene rings is 1. The first-order valence-corrected chi connectivity index (χ1v) is 5.79. The summed E-state index contributed by atoms with van der Waals surface area (Å²) < 4.78 is 40.6. The maximum atomic E-state index is 12.2. The number of amides is 1. The van der Waals surface area contributed by atoms with Crippen molar-refractivity contribution in [3.05, 3.63) is 29.8 Å². The molecule has 4 nitrogen and oxygen atoms in total. The number of hydrogen-bond donors (Lipinski definition) is 1. The molecule has 0 spiro atoms. The predicted octanol–water partition coefficient (Wildman–Crippen LogP) is 2.75. The van der Waals surface area contributed by atoms with Crippen LogP contribution in [0.1, 0.15) is 5.56 Å². The van der Waals surface area contributed by atoms with Crippen LogP contribution in [-0.4, -0.2) is 23.1 Å². The van der Waals surface area contributed by atoms with Gasteiger partial charge < -0.3 is 4.74 Å². The molecule has 18 heavy (non-hydrogen) atoms. The molecule has 1 heterocycles. The molecule has 96 valence electrons. The molecule has 2 rings (SSSR count). The van der Waals surface area contributed by atoms with Gasteiger partial charge in [0, 0.05) is 11.3 Å².